The summed E-state index contributed by atoms with van der Waals surface area (Å²) >= 11 is 0. The average Bonchev–Trinajstić information content (AvgIpc) is 3.04. The third-order valence-electron chi connectivity index (χ3n) is 6.60. The van der Waals surface area contributed by atoms with Crippen molar-refractivity contribution in [3.63, 3.8) is 0 Å². The van der Waals surface area contributed by atoms with Crippen LogP contribution in [-0.4, -0.2) is 33.3 Å². The molecular weight excluding hydrogens is 414 g/mol. The largest absolute Gasteiger partial charge is 0.463 e. The second-order valence-electron chi connectivity index (χ2n) is 8.38. The van der Waals surface area contributed by atoms with E-state index in [4.69, 9.17) is 4.74 Å². The topological polar surface area (TPSA) is 80.8 Å². The van der Waals surface area contributed by atoms with Gasteiger partial charge in [0.05, 0.1) is 29.1 Å². The Morgan fingerprint density at radius 2 is 1.65 bits per heavy atom. The molecule has 2 atom stereocenters. The van der Waals surface area contributed by atoms with Crippen molar-refractivity contribution in [1.29, 1.82) is 0 Å². The van der Waals surface area contributed by atoms with E-state index in [2.05, 4.69) is 0 Å². The molecule has 2 aromatic carbocycles. The molecule has 162 valence electrons. The molecule has 0 spiro atoms. The van der Waals surface area contributed by atoms with Crippen LogP contribution in [0.1, 0.15) is 37.8 Å². The molecule has 0 saturated carbocycles. The number of hydrogen-bond acceptors (Lipinski definition) is 5. The summed E-state index contributed by atoms with van der Waals surface area (Å²) in [7, 11) is -2.81. The Bertz CT molecular complexity index is 1210. The zero-order valence-electron chi connectivity index (χ0n) is 18.0. The fourth-order valence-corrected chi connectivity index (χ4v) is 6.56. The van der Waals surface area contributed by atoms with Crippen LogP contribution < -0.4 is 4.31 Å². The minimum Gasteiger partial charge on any atom is -0.463 e. The summed E-state index contributed by atoms with van der Waals surface area (Å²) in [6.07, 6.45) is 0.628. The maximum atomic E-state index is 13.8. The van der Waals surface area contributed by atoms with E-state index in [9.17, 15) is 18.0 Å². The van der Waals surface area contributed by atoms with Gasteiger partial charge in [-0.2, -0.15) is 0 Å². The molecule has 1 aliphatic heterocycles. The Kier molecular flexibility index (Phi) is 5.04. The van der Waals surface area contributed by atoms with Gasteiger partial charge in [0.2, 0.25) is 0 Å². The van der Waals surface area contributed by atoms with Crippen LogP contribution in [0.15, 0.2) is 64.6 Å². The van der Waals surface area contributed by atoms with Crippen LogP contribution in [0.2, 0.25) is 0 Å². The van der Waals surface area contributed by atoms with Crippen molar-refractivity contribution in [3.05, 3.63) is 70.8 Å². The number of hydrogen-bond donors (Lipinski definition) is 0. The summed E-state index contributed by atoms with van der Waals surface area (Å²) in [6, 6.07) is 12.9. The van der Waals surface area contributed by atoms with Crippen LogP contribution in [0.4, 0.5) is 5.69 Å². The van der Waals surface area contributed by atoms with E-state index in [-0.39, 0.29) is 11.3 Å². The molecule has 4 rings (SSSR count). The van der Waals surface area contributed by atoms with Crippen molar-refractivity contribution in [2.24, 2.45) is 0 Å². The van der Waals surface area contributed by atoms with Gasteiger partial charge in [-0.15, -0.1) is 0 Å². The summed E-state index contributed by atoms with van der Waals surface area (Å²) in [4.78, 5) is 26.1. The lowest BCUT2D eigenvalue weighted by atomic mass is 9.64. The van der Waals surface area contributed by atoms with Crippen LogP contribution in [0, 0.1) is 6.92 Å². The number of aryl methyl sites for hydroxylation is 1. The van der Waals surface area contributed by atoms with E-state index in [1.807, 2.05) is 20.8 Å². The van der Waals surface area contributed by atoms with Crippen molar-refractivity contribution in [1.82, 2.24) is 0 Å². The molecule has 2 aromatic rings. The fourth-order valence-electron chi connectivity index (χ4n) is 4.84. The molecule has 1 aliphatic carbocycles. The average molecular weight is 440 g/mol. The van der Waals surface area contributed by atoms with Gasteiger partial charge in [-0.05, 0) is 57.4 Å². The highest BCUT2D eigenvalue weighted by molar-refractivity contribution is 7.93. The maximum absolute atomic E-state index is 13.8. The van der Waals surface area contributed by atoms with Crippen LogP contribution in [0.3, 0.4) is 0 Å². The van der Waals surface area contributed by atoms with E-state index < -0.39 is 33.2 Å². The Labute approximate surface area is 182 Å². The van der Waals surface area contributed by atoms with Gasteiger partial charge in [-0.3, -0.25) is 9.10 Å². The molecule has 1 heterocycles. The van der Waals surface area contributed by atoms with Gasteiger partial charge in [0, 0.05) is 0 Å². The van der Waals surface area contributed by atoms with Crippen molar-refractivity contribution < 1.29 is 22.7 Å². The number of para-hydroxylation sites is 1. The minimum absolute atomic E-state index is 0.151. The predicted molar refractivity (Wildman–Crippen MR) is 117 cm³/mol. The first kappa shape index (κ1) is 21.3. The van der Waals surface area contributed by atoms with E-state index in [0.29, 0.717) is 17.7 Å². The molecule has 0 unspecified atom stereocenters. The quantitative estimate of drug-likeness (QED) is 0.412. The number of anilines is 1. The maximum Gasteiger partial charge on any atom is 0.375 e. The van der Waals surface area contributed by atoms with Gasteiger partial charge in [0.1, 0.15) is 0 Å². The van der Waals surface area contributed by atoms with E-state index in [1.165, 1.54) is 11.4 Å². The molecule has 31 heavy (non-hydrogen) atoms. The highest BCUT2D eigenvalue weighted by atomic mass is 32.2. The summed E-state index contributed by atoms with van der Waals surface area (Å²) in [5, 5.41) is 0. The number of Topliss-reactive ketones (excluding diaryl/α,β-unsaturated/α-hetero) is 1. The summed E-state index contributed by atoms with van der Waals surface area (Å²) in [5.41, 5.74) is 2.63. The number of ether oxygens (including phenoxy) is 1. The SMILES string of the molecule is COC(=O)C(=O)[C@]12CC(C)=C(C)C[C@H]1N(S(=O)(=O)c1ccc(C)cc1)c1ccccc12. The number of carbonyl (C=O) groups is 2. The number of rotatable bonds is 4. The molecule has 0 bridgehead atoms. The predicted octanol–water partition coefficient (Wildman–Crippen LogP) is 3.68. The number of methoxy groups -OCH3 is 1. The van der Waals surface area contributed by atoms with E-state index in [0.717, 1.165) is 16.7 Å². The number of allylic oxidation sites excluding steroid dienone is 1. The lowest BCUT2D eigenvalue weighted by Crippen LogP contribution is -2.55. The van der Waals surface area contributed by atoms with Gasteiger partial charge >= 0.3 is 5.97 Å². The number of ketones is 1. The van der Waals surface area contributed by atoms with Gasteiger partial charge in [-0.25, -0.2) is 13.2 Å². The third-order valence-corrected chi connectivity index (χ3v) is 8.44. The second kappa shape index (κ2) is 7.34. The molecular formula is C24H25NO5S. The fraction of sp³-hybridized carbons (Fsp3) is 0.333. The molecule has 0 N–H and O–H groups in total. The van der Waals surface area contributed by atoms with Gasteiger partial charge in [-0.1, -0.05) is 47.0 Å². The number of benzene rings is 2. The number of fused-ring (bicyclic) bond motifs is 3. The Morgan fingerprint density at radius 3 is 2.29 bits per heavy atom. The summed E-state index contributed by atoms with van der Waals surface area (Å²) < 4.78 is 33.8. The van der Waals surface area contributed by atoms with Crippen molar-refractivity contribution >= 4 is 27.5 Å². The molecule has 0 aromatic heterocycles. The molecule has 0 amide bonds. The molecule has 0 fully saturated rings. The van der Waals surface area contributed by atoms with Crippen molar-refractivity contribution in [3.8, 4) is 0 Å². The molecule has 0 radical (unpaired) electrons. The monoisotopic (exact) mass is 439 g/mol. The first-order valence-electron chi connectivity index (χ1n) is 10.1. The van der Waals surface area contributed by atoms with Gasteiger partial charge in [0.25, 0.3) is 15.8 Å². The van der Waals surface area contributed by atoms with E-state index >= 15 is 0 Å². The molecule has 2 aliphatic rings. The third kappa shape index (κ3) is 3.02. The highest BCUT2D eigenvalue weighted by Gasteiger charge is 2.61. The Morgan fingerprint density at radius 1 is 1.00 bits per heavy atom. The second-order valence-corrected chi connectivity index (χ2v) is 10.2. The van der Waals surface area contributed by atoms with Gasteiger partial charge in [0.15, 0.2) is 0 Å². The van der Waals surface area contributed by atoms with Crippen LogP contribution in [-0.2, 0) is 29.8 Å². The van der Waals surface area contributed by atoms with Gasteiger partial charge < -0.3 is 4.74 Å². The first-order chi connectivity index (χ1) is 14.6. The van der Waals surface area contributed by atoms with Crippen molar-refractivity contribution in [2.45, 2.75) is 50.0 Å². The molecule has 6 nitrogen and oxygen atoms in total. The number of esters is 1. The number of sulfonamides is 1. The standard InChI is InChI=1S/C24H25NO5S/c1-15-9-11-18(12-10-15)31(28,29)25-20-8-6-5-7-19(20)24(22(26)23(27)30-4)14-17(3)16(2)13-21(24)25/h5-12,21H,13-14H2,1-4H3/t21-,24+/m1/s1. The lowest BCUT2D eigenvalue weighted by molar-refractivity contribution is -0.154. The Hall–Kier alpha value is -2.93. The van der Waals surface area contributed by atoms with E-state index in [1.54, 1.807) is 48.5 Å². The molecule has 0 saturated heterocycles. The normalized spacial score (nSPS) is 22.7. The van der Waals surface area contributed by atoms with Crippen LogP contribution in [0.25, 0.3) is 0 Å². The smallest absolute Gasteiger partial charge is 0.375 e. The zero-order valence-corrected chi connectivity index (χ0v) is 18.8. The summed E-state index contributed by atoms with van der Waals surface area (Å²) in [6.45, 7) is 5.76. The number of nitrogens with zero attached hydrogens (tertiary/aromatic N) is 1. The Balaban J connectivity index is 2.00. The molecule has 7 heteroatoms. The highest BCUT2D eigenvalue weighted by Crippen LogP contribution is 2.55. The summed E-state index contributed by atoms with van der Waals surface area (Å²) in [5.74, 6) is -1.66. The van der Waals surface area contributed by atoms with Crippen LogP contribution in [0.5, 0.6) is 0 Å². The number of carbonyl (C=O) groups excluding carboxylic acids is 2. The lowest BCUT2D eigenvalue weighted by Gasteiger charge is -2.41. The van der Waals surface area contributed by atoms with Crippen molar-refractivity contribution in [2.75, 3.05) is 11.4 Å². The minimum atomic E-state index is -3.98. The zero-order chi connectivity index (χ0) is 22.6. The first-order valence-corrected chi connectivity index (χ1v) is 11.6. The van der Waals surface area contributed by atoms with Crippen LogP contribution >= 0.6 is 0 Å².